The molecular formula is C23H24N2O5S. The zero-order valence-corrected chi connectivity index (χ0v) is 18.3. The number of nitrogens with zero attached hydrogens (tertiary/aromatic N) is 2. The molecule has 162 valence electrons. The van der Waals surface area contributed by atoms with Crippen LogP contribution in [0.5, 0.6) is 5.75 Å². The highest BCUT2D eigenvalue weighted by atomic mass is 32.2. The molecule has 0 aliphatic carbocycles. The topological polar surface area (TPSA) is 90.3 Å². The predicted octanol–water partition coefficient (Wildman–Crippen LogP) is 2.65. The van der Waals surface area contributed by atoms with Crippen LogP contribution in [-0.2, 0) is 20.9 Å². The molecule has 0 radical (unpaired) electrons. The van der Waals surface area contributed by atoms with Crippen LogP contribution in [0.3, 0.4) is 0 Å². The number of methoxy groups -OCH3 is 1. The number of aromatic hydroxyl groups is 1. The summed E-state index contributed by atoms with van der Waals surface area (Å²) in [5.74, 6) is -1.04. The number of rotatable bonds is 4. The zero-order chi connectivity index (χ0) is 22.0. The fraction of sp³-hybridized carbons (Fsp3) is 0.391. The smallest absolute Gasteiger partial charge is 0.354 e. The van der Waals surface area contributed by atoms with Gasteiger partial charge in [0.2, 0.25) is 5.91 Å². The van der Waals surface area contributed by atoms with E-state index in [0.717, 1.165) is 26.8 Å². The summed E-state index contributed by atoms with van der Waals surface area (Å²) in [4.78, 5) is 27.9. The van der Waals surface area contributed by atoms with E-state index in [1.807, 2.05) is 31.2 Å². The average Bonchev–Trinajstić information content (AvgIpc) is 3.25. The van der Waals surface area contributed by atoms with E-state index in [4.69, 9.17) is 4.74 Å². The molecule has 1 amide bonds. The largest absolute Gasteiger partial charge is 0.507 e. The van der Waals surface area contributed by atoms with Crippen molar-refractivity contribution in [1.82, 2.24) is 9.21 Å². The van der Waals surface area contributed by atoms with Gasteiger partial charge >= 0.3 is 5.97 Å². The number of fused-ring (bicyclic) bond motifs is 4. The molecule has 0 bridgehead atoms. The van der Waals surface area contributed by atoms with E-state index in [9.17, 15) is 19.8 Å². The van der Waals surface area contributed by atoms with Crippen LogP contribution in [0.2, 0.25) is 0 Å². The Bertz CT molecular complexity index is 1140. The highest BCUT2D eigenvalue weighted by Crippen LogP contribution is 2.49. The van der Waals surface area contributed by atoms with Crippen LogP contribution in [0.4, 0.5) is 0 Å². The van der Waals surface area contributed by atoms with Crippen molar-refractivity contribution < 1.29 is 24.5 Å². The van der Waals surface area contributed by atoms with Gasteiger partial charge in [-0.05, 0) is 36.1 Å². The van der Waals surface area contributed by atoms with Crippen LogP contribution in [0.25, 0.3) is 10.8 Å². The molecule has 1 saturated heterocycles. The standard InChI is InChI=1S/C23H24N2O5S/c1-11-16(20(23(29)30-3)25-19(11)18(12(2)26)22(25)28)10-24-9-13-7-8-14-15(21(13)31-24)5-4-6-17(14)27/h4-8,11-12,18-19,26-27H,9-10H2,1-3H3/t11-,12?,18?,19?/m0/s1. The van der Waals surface area contributed by atoms with E-state index >= 15 is 0 Å². The van der Waals surface area contributed by atoms with Crippen LogP contribution in [0, 0.1) is 11.8 Å². The van der Waals surface area contributed by atoms with Crippen molar-refractivity contribution in [2.24, 2.45) is 11.8 Å². The van der Waals surface area contributed by atoms with Crippen LogP contribution in [0.15, 0.2) is 46.5 Å². The molecule has 31 heavy (non-hydrogen) atoms. The molecule has 3 aliphatic rings. The van der Waals surface area contributed by atoms with E-state index < -0.39 is 18.0 Å². The Morgan fingerprint density at radius 1 is 1.29 bits per heavy atom. The minimum Gasteiger partial charge on any atom is -0.507 e. The first-order chi connectivity index (χ1) is 14.8. The average molecular weight is 441 g/mol. The van der Waals surface area contributed by atoms with Gasteiger partial charge in [-0.2, -0.15) is 0 Å². The lowest BCUT2D eigenvalue weighted by Crippen LogP contribution is -2.63. The van der Waals surface area contributed by atoms with Gasteiger partial charge in [-0.3, -0.25) is 4.79 Å². The molecule has 7 nitrogen and oxygen atoms in total. The van der Waals surface area contributed by atoms with Gasteiger partial charge in [-0.25, -0.2) is 9.10 Å². The van der Waals surface area contributed by atoms with Gasteiger partial charge in [0.05, 0.1) is 25.2 Å². The fourth-order valence-corrected chi connectivity index (χ4v) is 6.35. The lowest BCUT2D eigenvalue weighted by molar-refractivity contribution is -0.163. The van der Waals surface area contributed by atoms with Crippen molar-refractivity contribution in [2.75, 3.05) is 13.7 Å². The molecule has 0 aromatic heterocycles. The van der Waals surface area contributed by atoms with Crippen LogP contribution >= 0.6 is 11.9 Å². The second-order valence-corrected chi connectivity index (χ2v) is 9.54. The maximum absolute atomic E-state index is 12.7. The molecule has 0 spiro atoms. The minimum absolute atomic E-state index is 0.0588. The summed E-state index contributed by atoms with van der Waals surface area (Å²) in [7, 11) is 1.32. The van der Waals surface area contributed by atoms with Crippen molar-refractivity contribution in [1.29, 1.82) is 0 Å². The third-order valence-corrected chi connectivity index (χ3v) is 7.86. The summed E-state index contributed by atoms with van der Waals surface area (Å²) in [5, 5.41) is 22.1. The highest BCUT2D eigenvalue weighted by Gasteiger charge is 2.60. The Morgan fingerprint density at radius 2 is 2.06 bits per heavy atom. The lowest BCUT2D eigenvalue weighted by Gasteiger charge is -2.46. The maximum Gasteiger partial charge on any atom is 0.354 e. The second-order valence-electron chi connectivity index (χ2n) is 8.43. The zero-order valence-electron chi connectivity index (χ0n) is 17.5. The molecule has 3 aliphatic heterocycles. The third-order valence-electron chi connectivity index (χ3n) is 6.68. The molecule has 5 rings (SSSR count). The normalized spacial score (nSPS) is 26.1. The van der Waals surface area contributed by atoms with E-state index in [1.54, 1.807) is 24.9 Å². The first kappa shape index (κ1) is 20.4. The van der Waals surface area contributed by atoms with Crippen molar-refractivity contribution >= 4 is 34.6 Å². The van der Waals surface area contributed by atoms with E-state index in [-0.39, 0.29) is 23.6 Å². The summed E-state index contributed by atoms with van der Waals surface area (Å²) in [6.07, 6.45) is -0.765. The summed E-state index contributed by atoms with van der Waals surface area (Å²) in [6, 6.07) is 9.26. The molecule has 3 unspecified atom stereocenters. The Hall–Kier alpha value is -2.55. The number of carbonyl (C=O) groups excluding carboxylic acids is 2. The molecule has 2 aromatic rings. The van der Waals surface area contributed by atoms with Crippen LogP contribution in [0.1, 0.15) is 19.4 Å². The number of hydrogen-bond acceptors (Lipinski definition) is 7. The molecule has 1 fully saturated rings. The number of esters is 1. The number of hydrogen-bond donors (Lipinski definition) is 2. The lowest BCUT2D eigenvalue weighted by atomic mass is 9.78. The summed E-state index contributed by atoms with van der Waals surface area (Å²) < 4.78 is 7.16. The summed E-state index contributed by atoms with van der Waals surface area (Å²) in [5.41, 5.74) is 2.34. The fourth-order valence-electron chi connectivity index (χ4n) is 5.16. The number of ether oxygens (including phenoxy) is 1. The van der Waals surface area contributed by atoms with Gasteiger partial charge in [0.25, 0.3) is 0 Å². The monoisotopic (exact) mass is 440 g/mol. The van der Waals surface area contributed by atoms with Gasteiger partial charge in [0.15, 0.2) is 0 Å². The van der Waals surface area contributed by atoms with Crippen molar-refractivity contribution in [3.05, 3.63) is 47.2 Å². The number of carbonyl (C=O) groups is 2. The van der Waals surface area contributed by atoms with Gasteiger partial charge in [0.1, 0.15) is 11.4 Å². The van der Waals surface area contributed by atoms with E-state index in [1.165, 1.54) is 12.0 Å². The molecule has 0 saturated carbocycles. The Morgan fingerprint density at radius 3 is 2.77 bits per heavy atom. The van der Waals surface area contributed by atoms with Gasteiger partial charge in [-0.1, -0.05) is 31.2 Å². The Labute approximate surface area is 184 Å². The number of aliphatic hydroxyl groups is 1. The Kier molecular flexibility index (Phi) is 4.76. The van der Waals surface area contributed by atoms with Crippen LogP contribution in [-0.4, -0.2) is 57.1 Å². The SMILES string of the molecule is COC(=O)C1=C(CN2Cc3ccc4c(O)cccc4c3S2)[C@H](C)C2C(C(C)O)C(=O)N12. The molecule has 2 N–H and O–H groups in total. The van der Waals surface area contributed by atoms with Crippen LogP contribution < -0.4 is 0 Å². The molecule has 3 heterocycles. The van der Waals surface area contributed by atoms with Gasteiger partial charge in [-0.15, -0.1) is 0 Å². The number of β-lactam (4-membered cyclic amide) rings is 1. The minimum atomic E-state index is -0.765. The summed E-state index contributed by atoms with van der Waals surface area (Å²) >= 11 is 1.60. The Balaban J connectivity index is 1.47. The maximum atomic E-state index is 12.7. The first-order valence-electron chi connectivity index (χ1n) is 10.3. The van der Waals surface area contributed by atoms with Crippen molar-refractivity contribution in [3.8, 4) is 5.75 Å². The van der Waals surface area contributed by atoms with Crippen molar-refractivity contribution in [2.45, 2.75) is 37.4 Å². The van der Waals surface area contributed by atoms with E-state index in [0.29, 0.717) is 18.8 Å². The first-order valence-corrected chi connectivity index (χ1v) is 11.1. The molecule has 2 aromatic carbocycles. The van der Waals surface area contributed by atoms with Gasteiger partial charge < -0.3 is 19.8 Å². The van der Waals surface area contributed by atoms with Gasteiger partial charge in [0, 0.05) is 34.7 Å². The number of benzene rings is 2. The predicted molar refractivity (Wildman–Crippen MR) is 116 cm³/mol. The quantitative estimate of drug-likeness (QED) is 0.429. The molecular weight excluding hydrogens is 416 g/mol. The third kappa shape index (κ3) is 2.89. The summed E-state index contributed by atoms with van der Waals surface area (Å²) in [6.45, 7) is 4.81. The highest BCUT2D eigenvalue weighted by molar-refractivity contribution is 7.97. The number of aliphatic hydroxyl groups excluding tert-OH is 1. The number of phenols is 1. The number of phenolic OH excluding ortho intramolecular Hbond substituents is 1. The van der Waals surface area contributed by atoms with Crippen molar-refractivity contribution in [3.63, 3.8) is 0 Å². The molecule has 4 atom stereocenters. The number of amides is 1. The van der Waals surface area contributed by atoms with E-state index in [2.05, 4.69) is 4.31 Å². The molecule has 8 heteroatoms. The second kappa shape index (κ2) is 7.25.